The lowest BCUT2D eigenvalue weighted by Gasteiger charge is -2.30. The van der Waals surface area contributed by atoms with Gasteiger partial charge in [0.25, 0.3) is 0 Å². The molecule has 0 aliphatic heterocycles. The summed E-state index contributed by atoms with van der Waals surface area (Å²) in [7, 11) is 4.72. The van der Waals surface area contributed by atoms with Crippen molar-refractivity contribution in [2.75, 3.05) is 20.6 Å². The number of nitrogens with zero attached hydrogens (tertiary/aromatic N) is 1. The molecule has 0 atom stereocenters. The monoisotopic (exact) mass is 450 g/mol. The third kappa shape index (κ3) is 21.4. The van der Waals surface area contributed by atoms with Gasteiger partial charge in [-0.3, -0.25) is 9.59 Å². The first-order valence-electron chi connectivity index (χ1n) is 12.6. The summed E-state index contributed by atoms with van der Waals surface area (Å²) in [5, 5.41) is 16.3. The topological polar surface area (TPSA) is 74.6 Å². The van der Waals surface area contributed by atoms with Crippen LogP contribution in [0.1, 0.15) is 102 Å². The molecule has 0 spiro atoms. The van der Waals surface area contributed by atoms with Gasteiger partial charge in [0, 0.05) is 18.4 Å². The van der Waals surface area contributed by atoms with Gasteiger partial charge in [-0.15, -0.1) is 0 Å². The van der Waals surface area contributed by atoms with Crippen LogP contribution < -0.4 is 0 Å². The minimum Gasteiger partial charge on any atom is -0.481 e. The lowest BCUT2D eigenvalue weighted by molar-refractivity contribution is -0.903. The number of hydrogen-bond acceptors (Lipinski definition) is 2. The second-order valence-corrected chi connectivity index (χ2v) is 9.48. The normalized spacial score (nSPS) is 11.0. The molecule has 0 saturated carbocycles. The number of rotatable bonds is 18. The maximum absolute atomic E-state index is 9.90. The summed E-state index contributed by atoms with van der Waals surface area (Å²) >= 11 is 0. The Labute approximate surface area is 196 Å². The van der Waals surface area contributed by atoms with Crippen LogP contribution in [0.15, 0.2) is 30.3 Å². The van der Waals surface area contributed by atoms with Gasteiger partial charge < -0.3 is 14.7 Å². The maximum atomic E-state index is 9.90. The van der Waals surface area contributed by atoms with E-state index in [0.717, 1.165) is 11.0 Å². The van der Waals surface area contributed by atoms with E-state index in [1.54, 1.807) is 0 Å². The van der Waals surface area contributed by atoms with Crippen molar-refractivity contribution in [3.8, 4) is 0 Å². The van der Waals surface area contributed by atoms with E-state index in [4.69, 9.17) is 10.2 Å². The minimum atomic E-state index is -0.870. The molecule has 0 amide bonds. The van der Waals surface area contributed by atoms with Crippen molar-refractivity contribution < 1.29 is 24.3 Å². The van der Waals surface area contributed by atoms with Gasteiger partial charge >= 0.3 is 11.9 Å². The lowest BCUT2D eigenvalue weighted by atomic mass is 10.1. The molecule has 1 rings (SSSR count). The molecule has 0 aliphatic carbocycles. The van der Waals surface area contributed by atoms with Gasteiger partial charge in [0.05, 0.1) is 20.6 Å². The molecule has 0 fully saturated rings. The first kappa shape index (κ1) is 30.1. The Morgan fingerprint density at radius 1 is 0.688 bits per heavy atom. The number of hydrogen-bond donors (Lipinski definition) is 2. The van der Waals surface area contributed by atoms with Crippen LogP contribution in [0.4, 0.5) is 0 Å². The van der Waals surface area contributed by atoms with E-state index in [1.807, 2.05) is 0 Å². The Kier molecular flexibility index (Phi) is 18.6. The van der Waals surface area contributed by atoms with Crippen LogP contribution in [0.2, 0.25) is 0 Å². The summed E-state index contributed by atoms with van der Waals surface area (Å²) in [6.07, 6.45) is 15.3. The highest BCUT2D eigenvalue weighted by molar-refractivity contribution is 5.67. The number of carboxylic acids is 2. The average Bonchev–Trinajstić information content (AvgIpc) is 2.73. The van der Waals surface area contributed by atoms with Crippen LogP contribution >= 0.6 is 0 Å². The van der Waals surface area contributed by atoms with E-state index in [9.17, 15) is 9.59 Å². The third-order valence-corrected chi connectivity index (χ3v) is 5.60. The summed E-state index contributed by atoms with van der Waals surface area (Å²) in [6.45, 7) is 4.74. The quantitative estimate of drug-likeness (QED) is 0.188. The predicted molar refractivity (Wildman–Crippen MR) is 133 cm³/mol. The fourth-order valence-corrected chi connectivity index (χ4v) is 3.74. The molecular formula is C27H48NO4+. The Hall–Kier alpha value is -1.88. The fraction of sp³-hybridized carbons (Fsp3) is 0.704. The van der Waals surface area contributed by atoms with Crippen molar-refractivity contribution in [2.24, 2.45) is 0 Å². The third-order valence-electron chi connectivity index (χ3n) is 5.60. The van der Waals surface area contributed by atoms with Crippen molar-refractivity contribution >= 4 is 11.9 Å². The summed E-state index contributed by atoms with van der Waals surface area (Å²) in [5.74, 6) is -1.74. The van der Waals surface area contributed by atoms with Gasteiger partial charge in [0.1, 0.15) is 6.54 Å². The molecular weight excluding hydrogens is 402 g/mol. The molecule has 0 heterocycles. The van der Waals surface area contributed by atoms with Crippen molar-refractivity contribution in [3.63, 3.8) is 0 Å². The molecule has 5 nitrogen and oxygen atoms in total. The number of carboxylic acid groups (broad SMARTS) is 2. The molecule has 32 heavy (non-hydrogen) atoms. The molecule has 2 N–H and O–H groups in total. The summed E-state index contributed by atoms with van der Waals surface area (Å²) in [4.78, 5) is 19.8. The van der Waals surface area contributed by atoms with E-state index < -0.39 is 11.9 Å². The Morgan fingerprint density at radius 2 is 1.12 bits per heavy atom. The minimum absolute atomic E-state index is 0.0628. The van der Waals surface area contributed by atoms with Crippen molar-refractivity contribution in [3.05, 3.63) is 35.9 Å². The summed E-state index contributed by atoms with van der Waals surface area (Å²) < 4.78 is 1.11. The van der Waals surface area contributed by atoms with Crippen molar-refractivity contribution in [1.29, 1.82) is 0 Å². The van der Waals surface area contributed by atoms with Gasteiger partial charge in [-0.2, -0.15) is 0 Å². The van der Waals surface area contributed by atoms with Crippen LogP contribution in [-0.2, 0) is 16.1 Å². The average molecular weight is 451 g/mol. The highest BCUT2D eigenvalue weighted by Gasteiger charge is 2.14. The van der Waals surface area contributed by atoms with Crippen LogP contribution in [0.5, 0.6) is 0 Å². The summed E-state index contributed by atoms with van der Waals surface area (Å²) in [5.41, 5.74) is 1.46. The molecule has 5 heteroatoms. The molecule has 0 saturated heterocycles. The van der Waals surface area contributed by atoms with Crippen LogP contribution in [0.25, 0.3) is 0 Å². The molecule has 184 valence electrons. The van der Waals surface area contributed by atoms with Crippen LogP contribution in [-0.4, -0.2) is 47.3 Å². The first-order chi connectivity index (χ1) is 15.3. The molecule has 1 aromatic carbocycles. The zero-order valence-electron chi connectivity index (χ0n) is 20.9. The zero-order valence-corrected chi connectivity index (χ0v) is 20.9. The number of quaternary nitrogens is 1. The van der Waals surface area contributed by atoms with E-state index in [0.29, 0.717) is 12.8 Å². The second kappa shape index (κ2) is 19.8. The molecule has 0 unspecified atom stereocenters. The fourth-order valence-electron chi connectivity index (χ4n) is 3.74. The van der Waals surface area contributed by atoms with Gasteiger partial charge in [-0.25, -0.2) is 0 Å². The number of benzene rings is 1. The van der Waals surface area contributed by atoms with Crippen LogP contribution in [0, 0.1) is 0 Å². The highest BCUT2D eigenvalue weighted by Crippen LogP contribution is 2.14. The Balaban J connectivity index is 0.000000809. The SMILES string of the molecule is CCCCCCCCCCCC[N+](C)(C)Cc1ccccc1.O=C(O)CCCCC(=O)O. The second-order valence-electron chi connectivity index (χ2n) is 9.48. The van der Waals surface area contributed by atoms with Gasteiger partial charge in [0.15, 0.2) is 0 Å². The lowest BCUT2D eigenvalue weighted by Crippen LogP contribution is -2.39. The van der Waals surface area contributed by atoms with E-state index in [2.05, 4.69) is 51.4 Å². The maximum Gasteiger partial charge on any atom is 0.303 e. The predicted octanol–water partition coefficient (Wildman–Crippen LogP) is 6.90. The van der Waals surface area contributed by atoms with E-state index in [1.165, 1.54) is 76.3 Å². The Bertz CT molecular complexity index is 571. The number of unbranched alkanes of at least 4 members (excludes halogenated alkanes) is 10. The first-order valence-corrected chi connectivity index (χ1v) is 12.6. The van der Waals surface area contributed by atoms with Crippen molar-refractivity contribution in [2.45, 2.75) is 103 Å². The summed E-state index contributed by atoms with van der Waals surface area (Å²) in [6, 6.07) is 10.9. The smallest absolute Gasteiger partial charge is 0.303 e. The largest absolute Gasteiger partial charge is 0.481 e. The number of carbonyl (C=O) groups is 2. The Morgan fingerprint density at radius 3 is 1.56 bits per heavy atom. The van der Waals surface area contributed by atoms with E-state index >= 15 is 0 Å². The standard InChI is InChI=1S/C21H38N.C6H10O4/c1-4-5-6-7-8-9-10-11-12-16-19-22(2,3)20-21-17-14-13-15-18-21;7-5(8)3-1-2-4-6(9)10/h13-15,17-18H,4-12,16,19-20H2,1-3H3;1-4H2,(H,7,8)(H,9,10)/q+1;. The van der Waals surface area contributed by atoms with Gasteiger partial charge in [-0.05, 0) is 25.7 Å². The molecule has 0 radical (unpaired) electrons. The van der Waals surface area contributed by atoms with Gasteiger partial charge in [-0.1, -0.05) is 88.6 Å². The molecule has 0 aromatic heterocycles. The molecule has 0 bridgehead atoms. The molecule has 0 aliphatic rings. The van der Waals surface area contributed by atoms with E-state index in [-0.39, 0.29) is 12.8 Å². The van der Waals surface area contributed by atoms with Crippen LogP contribution in [0.3, 0.4) is 0 Å². The number of aliphatic carboxylic acids is 2. The van der Waals surface area contributed by atoms with Crippen molar-refractivity contribution in [1.82, 2.24) is 0 Å². The zero-order chi connectivity index (χ0) is 24.1. The highest BCUT2D eigenvalue weighted by atomic mass is 16.4. The molecule has 1 aromatic rings. The van der Waals surface area contributed by atoms with Gasteiger partial charge in [0.2, 0.25) is 0 Å².